The summed E-state index contributed by atoms with van der Waals surface area (Å²) in [4.78, 5) is 38.2. The third kappa shape index (κ3) is 3.16. The van der Waals surface area contributed by atoms with Crippen molar-refractivity contribution in [2.45, 2.75) is 31.6 Å². The molecule has 2 aromatic carbocycles. The number of nitrogens with zero attached hydrogens (tertiary/aromatic N) is 2. The fourth-order valence-electron chi connectivity index (χ4n) is 4.06. The van der Waals surface area contributed by atoms with Gasteiger partial charge < -0.3 is 0 Å². The highest BCUT2D eigenvalue weighted by Gasteiger charge is 2.40. The first-order valence-corrected chi connectivity index (χ1v) is 9.84. The predicted molar refractivity (Wildman–Crippen MR) is 108 cm³/mol. The van der Waals surface area contributed by atoms with Crippen molar-refractivity contribution in [3.63, 3.8) is 0 Å². The average Bonchev–Trinajstić information content (AvgIpc) is 2.68. The van der Waals surface area contributed by atoms with Gasteiger partial charge in [-0.05, 0) is 30.5 Å². The van der Waals surface area contributed by atoms with Gasteiger partial charge in [0.05, 0.1) is 10.6 Å². The fraction of sp³-hybridized carbons (Fsp3) is 0.238. The summed E-state index contributed by atoms with van der Waals surface area (Å²) in [5.74, 6) is -0.416. The zero-order valence-electron chi connectivity index (χ0n) is 14.9. The Balaban J connectivity index is 1.88. The van der Waals surface area contributed by atoms with Gasteiger partial charge in [-0.25, -0.2) is 0 Å². The van der Waals surface area contributed by atoms with Gasteiger partial charge in [-0.2, -0.15) is 0 Å². The van der Waals surface area contributed by atoms with E-state index in [0.717, 1.165) is 10.0 Å². The van der Waals surface area contributed by atoms with Crippen LogP contribution >= 0.6 is 15.9 Å². The van der Waals surface area contributed by atoms with Crippen LogP contribution in [0.1, 0.15) is 37.2 Å². The van der Waals surface area contributed by atoms with E-state index in [4.69, 9.17) is 0 Å². The number of Topliss-reactive ketones (excluding diaryl/α,β-unsaturated/α-hetero) is 1. The Labute approximate surface area is 170 Å². The standard InChI is InChI=1S/C21H17BrN2O4/c22-17-8-2-1-7-15(17)16-12-20(26)23(18-9-4-10-19(25)21(16)18)13-5-3-6-14(11-13)24(27)28/h1-3,5-8,11,16H,4,9-10,12H2. The van der Waals surface area contributed by atoms with Gasteiger partial charge in [0.1, 0.15) is 0 Å². The minimum absolute atomic E-state index is 0.0462. The third-order valence-electron chi connectivity index (χ3n) is 5.25. The molecule has 1 heterocycles. The maximum atomic E-state index is 13.1. The summed E-state index contributed by atoms with van der Waals surface area (Å²) < 4.78 is 0.863. The van der Waals surface area contributed by atoms with Crippen LogP contribution in [0.3, 0.4) is 0 Å². The summed E-state index contributed by atoms with van der Waals surface area (Å²) >= 11 is 3.54. The molecule has 7 heteroatoms. The van der Waals surface area contributed by atoms with E-state index < -0.39 is 4.92 Å². The summed E-state index contributed by atoms with van der Waals surface area (Å²) in [5.41, 5.74) is 2.60. The molecule has 1 atom stereocenters. The lowest BCUT2D eigenvalue weighted by atomic mass is 9.77. The van der Waals surface area contributed by atoms with E-state index in [9.17, 15) is 19.7 Å². The monoisotopic (exact) mass is 440 g/mol. The molecule has 1 aliphatic carbocycles. The number of carbonyl (C=O) groups is 2. The Morgan fingerprint density at radius 3 is 2.61 bits per heavy atom. The van der Waals surface area contributed by atoms with Gasteiger partial charge in [0.2, 0.25) is 5.91 Å². The molecule has 1 aliphatic heterocycles. The van der Waals surface area contributed by atoms with E-state index in [2.05, 4.69) is 15.9 Å². The lowest BCUT2D eigenvalue weighted by Crippen LogP contribution is -2.40. The van der Waals surface area contributed by atoms with Crippen LogP contribution < -0.4 is 4.90 Å². The number of carbonyl (C=O) groups excluding carboxylic acids is 2. The smallest absolute Gasteiger partial charge is 0.271 e. The van der Waals surface area contributed by atoms with Crippen LogP contribution in [0.2, 0.25) is 0 Å². The van der Waals surface area contributed by atoms with Gasteiger partial charge in [-0.1, -0.05) is 40.2 Å². The van der Waals surface area contributed by atoms with Crippen LogP contribution in [0.4, 0.5) is 11.4 Å². The molecule has 2 aromatic rings. The maximum Gasteiger partial charge on any atom is 0.271 e. The summed E-state index contributed by atoms with van der Waals surface area (Å²) in [6, 6.07) is 13.6. The highest BCUT2D eigenvalue weighted by atomic mass is 79.9. The van der Waals surface area contributed by atoms with Crippen molar-refractivity contribution in [2.75, 3.05) is 4.90 Å². The summed E-state index contributed by atoms with van der Waals surface area (Å²) in [6.07, 6.45) is 1.86. The van der Waals surface area contributed by atoms with Crippen molar-refractivity contribution in [3.8, 4) is 0 Å². The normalized spacial score (nSPS) is 19.6. The van der Waals surface area contributed by atoms with Crippen molar-refractivity contribution in [1.29, 1.82) is 0 Å². The Morgan fingerprint density at radius 2 is 1.86 bits per heavy atom. The quantitative estimate of drug-likeness (QED) is 0.502. The Morgan fingerprint density at radius 1 is 1.07 bits per heavy atom. The summed E-state index contributed by atoms with van der Waals surface area (Å²) in [6.45, 7) is 0. The number of hydrogen-bond donors (Lipinski definition) is 0. The second kappa shape index (κ2) is 7.31. The molecule has 0 saturated heterocycles. The van der Waals surface area contributed by atoms with E-state index in [1.54, 1.807) is 12.1 Å². The van der Waals surface area contributed by atoms with Gasteiger partial charge in [0, 0.05) is 46.6 Å². The zero-order chi connectivity index (χ0) is 19.8. The molecule has 0 aromatic heterocycles. The van der Waals surface area contributed by atoms with Gasteiger partial charge in [-0.15, -0.1) is 0 Å². The van der Waals surface area contributed by atoms with Crippen molar-refractivity contribution in [2.24, 2.45) is 0 Å². The second-order valence-corrected chi connectivity index (χ2v) is 7.78. The van der Waals surface area contributed by atoms with E-state index >= 15 is 0 Å². The van der Waals surface area contributed by atoms with Crippen molar-refractivity contribution in [3.05, 3.63) is 80.0 Å². The summed E-state index contributed by atoms with van der Waals surface area (Å²) in [5, 5.41) is 11.2. The lowest BCUT2D eigenvalue weighted by Gasteiger charge is -2.38. The predicted octanol–water partition coefficient (Wildman–Crippen LogP) is 4.88. The number of halogens is 1. The summed E-state index contributed by atoms with van der Waals surface area (Å²) in [7, 11) is 0. The number of ketones is 1. The van der Waals surface area contributed by atoms with Crippen LogP contribution in [0.25, 0.3) is 0 Å². The molecule has 1 unspecified atom stereocenters. The first kappa shape index (κ1) is 18.6. The van der Waals surface area contributed by atoms with E-state index in [-0.39, 0.29) is 29.7 Å². The molecule has 0 radical (unpaired) electrons. The molecule has 0 N–H and O–H groups in total. The lowest BCUT2D eigenvalue weighted by molar-refractivity contribution is -0.384. The van der Waals surface area contributed by atoms with Crippen molar-refractivity contribution >= 4 is 39.0 Å². The van der Waals surface area contributed by atoms with Crippen LogP contribution in [0.15, 0.2) is 64.3 Å². The molecule has 1 amide bonds. The number of nitro benzene ring substituents is 1. The highest BCUT2D eigenvalue weighted by Crippen LogP contribution is 2.45. The SMILES string of the molecule is O=C1CCCC2=C1C(c1ccccc1Br)CC(=O)N2c1cccc([N+](=O)[O-])c1. The molecule has 28 heavy (non-hydrogen) atoms. The maximum absolute atomic E-state index is 13.1. The largest absolute Gasteiger partial charge is 0.294 e. The van der Waals surface area contributed by atoms with E-state index in [0.29, 0.717) is 36.2 Å². The number of non-ortho nitro benzene ring substituents is 1. The first-order valence-electron chi connectivity index (χ1n) is 9.05. The number of rotatable bonds is 3. The van der Waals surface area contributed by atoms with Gasteiger partial charge in [0.25, 0.3) is 5.69 Å². The van der Waals surface area contributed by atoms with Crippen molar-refractivity contribution in [1.82, 2.24) is 0 Å². The molecule has 0 saturated carbocycles. The minimum Gasteiger partial charge on any atom is -0.294 e. The molecule has 4 rings (SSSR count). The number of amides is 1. The van der Waals surface area contributed by atoms with Gasteiger partial charge in [0.15, 0.2) is 5.78 Å². The molecule has 142 valence electrons. The van der Waals surface area contributed by atoms with Crippen LogP contribution in [-0.2, 0) is 9.59 Å². The Kier molecular flexibility index (Phi) is 4.85. The highest BCUT2D eigenvalue weighted by molar-refractivity contribution is 9.10. The number of anilines is 1. The molecule has 6 nitrogen and oxygen atoms in total. The number of hydrogen-bond acceptors (Lipinski definition) is 4. The first-order chi connectivity index (χ1) is 13.5. The van der Waals surface area contributed by atoms with E-state index in [1.165, 1.54) is 17.0 Å². The van der Waals surface area contributed by atoms with Crippen LogP contribution in [-0.4, -0.2) is 16.6 Å². The molecular formula is C21H17BrN2O4. The minimum atomic E-state index is -0.483. The molecule has 2 aliphatic rings. The zero-order valence-corrected chi connectivity index (χ0v) is 16.5. The number of allylic oxidation sites excluding steroid dienone is 2. The molecular weight excluding hydrogens is 424 g/mol. The molecule has 0 fully saturated rings. The van der Waals surface area contributed by atoms with Gasteiger partial charge >= 0.3 is 0 Å². The second-order valence-electron chi connectivity index (χ2n) is 6.92. The Bertz CT molecular complexity index is 1030. The number of nitro groups is 1. The van der Waals surface area contributed by atoms with Crippen molar-refractivity contribution < 1.29 is 14.5 Å². The molecule has 0 spiro atoms. The van der Waals surface area contributed by atoms with Crippen LogP contribution in [0, 0.1) is 10.1 Å². The number of benzene rings is 2. The van der Waals surface area contributed by atoms with Gasteiger partial charge in [-0.3, -0.25) is 24.6 Å². The Hall–Kier alpha value is -2.80. The molecule has 0 bridgehead atoms. The van der Waals surface area contributed by atoms with Crippen LogP contribution in [0.5, 0.6) is 0 Å². The third-order valence-corrected chi connectivity index (χ3v) is 5.98. The average molecular weight is 441 g/mol. The fourth-order valence-corrected chi connectivity index (χ4v) is 4.62. The topological polar surface area (TPSA) is 80.5 Å². The van der Waals surface area contributed by atoms with E-state index in [1.807, 2.05) is 24.3 Å².